The van der Waals surface area contributed by atoms with Crippen LogP contribution < -0.4 is 5.32 Å². The SMILES string of the molecule is CCNCc1oc2c(Cl)cccc2c1CC(C)C. The number of halogens is 1. The molecule has 98 valence electrons. The number of para-hydroxylation sites is 1. The number of rotatable bonds is 5. The second kappa shape index (κ2) is 5.77. The number of hydrogen-bond acceptors (Lipinski definition) is 2. The van der Waals surface area contributed by atoms with Crippen molar-refractivity contribution >= 4 is 22.6 Å². The molecular formula is C15H20ClNO. The van der Waals surface area contributed by atoms with Gasteiger partial charge in [-0.25, -0.2) is 0 Å². The number of nitrogens with one attached hydrogen (secondary N) is 1. The van der Waals surface area contributed by atoms with Gasteiger partial charge >= 0.3 is 0 Å². The lowest BCUT2D eigenvalue weighted by Crippen LogP contribution is -2.12. The van der Waals surface area contributed by atoms with Gasteiger partial charge in [0, 0.05) is 10.9 Å². The van der Waals surface area contributed by atoms with E-state index in [-0.39, 0.29) is 0 Å². The Hall–Kier alpha value is -0.990. The van der Waals surface area contributed by atoms with Crippen LogP contribution in [0.5, 0.6) is 0 Å². The molecule has 2 aromatic rings. The average molecular weight is 266 g/mol. The molecular weight excluding hydrogens is 246 g/mol. The molecule has 0 fully saturated rings. The smallest absolute Gasteiger partial charge is 0.153 e. The van der Waals surface area contributed by atoms with Gasteiger partial charge in [0.15, 0.2) is 5.58 Å². The van der Waals surface area contributed by atoms with Crippen LogP contribution in [0.2, 0.25) is 5.02 Å². The van der Waals surface area contributed by atoms with Crippen LogP contribution in [0.25, 0.3) is 11.0 Å². The van der Waals surface area contributed by atoms with E-state index in [0.717, 1.165) is 36.2 Å². The maximum absolute atomic E-state index is 6.20. The number of furan rings is 1. The third-order valence-electron chi connectivity index (χ3n) is 3.00. The van der Waals surface area contributed by atoms with E-state index in [1.54, 1.807) is 0 Å². The van der Waals surface area contributed by atoms with E-state index in [1.807, 2.05) is 12.1 Å². The Kier molecular flexibility index (Phi) is 4.31. The Morgan fingerprint density at radius 1 is 1.33 bits per heavy atom. The first kappa shape index (κ1) is 13.4. The van der Waals surface area contributed by atoms with Crippen molar-refractivity contribution < 1.29 is 4.42 Å². The summed E-state index contributed by atoms with van der Waals surface area (Å²) in [6, 6.07) is 5.96. The summed E-state index contributed by atoms with van der Waals surface area (Å²) in [5.41, 5.74) is 2.12. The lowest BCUT2D eigenvalue weighted by molar-refractivity contribution is 0.506. The van der Waals surface area contributed by atoms with Gasteiger partial charge in [0.2, 0.25) is 0 Å². The van der Waals surface area contributed by atoms with Crippen LogP contribution in [-0.2, 0) is 13.0 Å². The third kappa shape index (κ3) is 2.70. The lowest BCUT2D eigenvalue weighted by Gasteiger charge is -2.06. The van der Waals surface area contributed by atoms with Gasteiger partial charge in [0.25, 0.3) is 0 Å². The van der Waals surface area contributed by atoms with Crippen molar-refractivity contribution in [2.45, 2.75) is 33.7 Å². The minimum atomic E-state index is 0.602. The normalized spacial score (nSPS) is 11.6. The lowest BCUT2D eigenvalue weighted by atomic mass is 10.00. The molecule has 1 aromatic carbocycles. The molecule has 2 rings (SSSR count). The Balaban J connectivity index is 2.49. The molecule has 0 aliphatic rings. The summed E-state index contributed by atoms with van der Waals surface area (Å²) in [6.07, 6.45) is 1.02. The molecule has 0 saturated carbocycles. The highest BCUT2D eigenvalue weighted by atomic mass is 35.5. The molecule has 18 heavy (non-hydrogen) atoms. The van der Waals surface area contributed by atoms with Gasteiger partial charge in [-0.2, -0.15) is 0 Å². The predicted molar refractivity (Wildman–Crippen MR) is 77.1 cm³/mol. The van der Waals surface area contributed by atoms with Gasteiger partial charge < -0.3 is 9.73 Å². The summed E-state index contributed by atoms with van der Waals surface area (Å²) in [4.78, 5) is 0. The molecule has 2 nitrogen and oxygen atoms in total. The molecule has 1 N–H and O–H groups in total. The number of hydrogen-bond donors (Lipinski definition) is 1. The van der Waals surface area contributed by atoms with Gasteiger partial charge in [0.1, 0.15) is 5.76 Å². The highest BCUT2D eigenvalue weighted by molar-refractivity contribution is 6.34. The minimum absolute atomic E-state index is 0.602. The van der Waals surface area contributed by atoms with Crippen molar-refractivity contribution in [2.24, 2.45) is 5.92 Å². The van der Waals surface area contributed by atoms with Crippen molar-refractivity contribution in [2.75, 3.05) is 6.54 Å². The van der Waals surface area contributed by atoms with Crippen LogP contribution >= 0.6 is 11.6 Å². The van der Waals surface area contributed by atoms with Crippen molar-refractivity contribution in [3.63, 3.8) is 0 Å². The van der Waals surface area contributed by atoms with E-state index in [4.69, 9.17) is 16.0 Å². The zero-order chi connectivity index (χ0) is 13.1. The van der Waals surface area contributed by atoms with Crippen molar-refractivity contribution in [1.29, 1.82) is 0 Å². The van der Waals surface area contributed by atoms with E-state index in [0.29, 0.717) is 10.9 Å². The van der Waals surface area contributed by atoms with Crippen LogP contribution in [0.4, 0.5) is 0 Å². The third-order valence-corrected chi connectivity index (χ3v) is 3.30. The standard InChI is InChI=1S/C15H20ClNO/c1-4-17-9-14-12(8-10(2)3)11-6-5-7-13(16)15(11)18-14/h5-7,10,17H,4,8-9H2,1-3H3. The molecule has 0 spiro atoms. The van der Waals surface area contributed by atoms with Crippen molar-refractivity contribution in [3.8, 4) is 0 Å². The first-order valence-electron chi connectivity index (χ1n) is 6.53. The molecule has 0 saturated heterocycles. The first-order valence-corrected chi connectivity index (χ1v) is 6.90. The Morgan fingerprint density at radius 3 is 2.78 bits per heavy atom. The Labute approximate surface area is 113 Å². The number of fused-ring (bicyclic) bond motifs is 1. The van der Waals surface area contributed by atoms with E-state index in [2.05, 4.69) is 32.2 Å². The summed E-state index contributed by atoms with van der Waals surface area (Å²) < 4.78 is 5.94. The molecule has 0 amide bonds. The summed E-state index contributed by atoms with van der Waals surface area (Å²) >= 11 is 6.20. The topological polar surface area (TPSA) is 25.2 Å². The van der Waals surface area contributed by atoms with Crippen LogP contribution in [-0.4, -0.2) is 6.54 Å². The van der Waals surface area contributed by atoms with Gasteiger partial charge in [-0.3, -0.25) is 0 Å². The second-order valence-corrected chi connectivity index (χ2v) is 5.41. The molecule has 1 heterocycles. The molecule has 0 bridgehead atoms. The number of benzene rings is 1. The fraction of sp³-hybridized carbons (Fsp3) is 0.467. The average Bonchev–Trinajstić information content (AvgIpc) is 2.66. The van der Waals surface area contributed by atoms with Gasteiger partial charge in [-0.05, 0) is 24.9 Å². The van der Waals surface area contributed by atoms with E-state index in [1.165, 1.54) is 5.56 Å². The summed E-state index contributed by atoms with van der Waals surface area (Å²) in [5.74, 6) is 1.62. The van der Waals surface area contributed by atoms with Crippen LogP contribution in [0, 0.1) is 5.92 Å². The van der Waals surface area contributed by atoms with Crippen molar-refractivity contribution in [3.05, 3.63) is 34.5 Å². The molecule has 1 aromatic heterocycles. The molecule has 0 unspecified atom stereocenters. The summed E-state index contributed by atoms with van der Waals surface area (Å²) in [5, 5.41) is 5.17. The molecule has 3 heteroatoms. The summed E-state index contributed by atoms with van der Waals surface area (Å²) in [7, 11) is 0. The molecule has 0 atom stereocenters. The largest absolute Gasteiger partial charge is 0.458 e. The quantitative estimate of drug-likeness (QED) is 0.867. The van der Waals surface area contributed by atoms with E-state index < -0.39 is 0 Å². The summed E-state index contributed by atoms with van der Waals surface area (Å²) in [6.45, 7) is 8.24. The fourth-order valence-corrected chi connectivity index (χ4v) is 2.41. The molecule has 0 aliphatic carbocycles. The molecule has 0 radical (unpaired) electrons. The maximum atomic E-state index is 6.20. The molecule has 0 aliphatic heterocycles. The fourth-order valence-electron chi connectivity index (χ4n) is 2.20. The maximum Gasteiger partial charge on any atom is 0.153 e. The van der Waals surface area contributed by atoms with Gasteiger partial charge in [0.05, 0.1) is 11.6 Å². The minimum Gasteiger partial charge on any atom is -0.458 e. The van der Waals surface area contributed by atoms with E-state index in [9.17, 15) is 0 Å². The van der Waals surface area contributed by atoms with Gasteiger partial charge in [-0.15, -0.1) is 0 Å². The second-order valence-electron chi connectivity index (χ2n) is 5.00. The first-order chi connectivity index (χ1) is 8.63. The Bertz CT molecular complexity index is 531. The monoisotopic (exact) mass is 265 g/mol. The van der Waals surface area contributed by atoms with E-state index >= 15 is 0 Å². The zero-order valence-corrected chi connectivity index (χ0v) is 12.0. The predicted octanol–water partition coefficient (Wildman–Crippen LogP) is 4.39. The highest BCUT2D eigenvalue weighted by Gasteiger charge is 2.16. The van der Waals surface area contributed by atoms with Gasteiger partial charge in [-0.1, -0.05) is 44.5 Å². The van der Waals surface area contributed by atoms with Crippen LogP contribution in [0.3, 0.4) is 0 Å². The van der Waals surface area contributed by atoms with Crippen LogP contribution in [0.15, 0.2) is 22.6 Å². The Morgan fingerprint density at radius 2 is 2.11 bits per heavy atom. The zero-order valence-electron chi connectivity index (χ0n) is 11.2. The van der Waals surface area contributed by atoms with Crippen molar-refractivity contribution in [1.82, 2.24) is 5.32 Å². The highest BCUT2D eigenvalue weighted by Crippen LogP contribution is 2.32. The van der Waals surface area contributed by atoms with Crippen LogP contribution in [0.1, 0.15) is 32.1 Å².